The van der Waals surface area contributed by atoms with Crippen LogP contribution in [-0.2, 0) is 28.5 Å². The van der Waals surface area contributed by atoms with Crippen LogP contribution in [0.5, 0.6) is 11.6 Å². The maximum atomic E-state index is 11.3. The molecule has 12 nitrogen and oxygen atoms in total. The summed E-state index contributed by atoms with van der Waals surface area (Å²) in [6.07, 6.45) is 3.32. The third-order valence-corrected chi connectivity index (χ3v) is 6.51. The summed E-state index contributed by atoms with van der Waals surface area (Å²) in [4.78, 5) is 26.9. The molecule has 4 aromatic heterocycles. The molecule has 12 heteroatoms. The minimum atomic E-state index is -0.205. The first-order chi connectivity index (χ1) is 18.5. The second-order valence-electron chi connectivity index (χ2n) is 10.9. The molecule has 39 heavy (non-hydrogen) atoms. The van der Waals surface area contributed by atoms with E-state index in [2.05, 4.69) is 59.4 Å². The summed E-state index contributed by atoms with van der Waals surface area (Å²) >= 11 is 0. The fraction of sp³-hybridized carbons (Fsp3) is 0.444. The van der Waals surface area contributed by atoms with E-state index in [4.69, 9.17) is 19.6 Å². The third kappa shape index (κ3) is 6.18. The van der Waals surface area contributed by atoms with Crippen molar-refractivity contribution >= 4 is 34.5 Å². The molecule has 5 rings (SSSR count). The molecule has 0 aromatic carbocycles. The van der Waals surface area contributed by atoms with Gasteiger partial charge in [0.25, 0.3) is 0 Å². The maximum Gasteiger partial charge on any atom is 0.222 e. The second kappa shape index (κ2) is 10.6. The van der Waals surface area contributed by atoms with Crippen LogP contribution in [0.3, 0.4) is 0 Å². The molecule has 1 atom stereocenters. The molecule has 5 heterocycles. The van der Waals surface area contributed by atoms with Crippen molar-refractivity contribution in [2.24, 2.45) is 7.05 Å². The average Bonchev–Trinajstić information content (AvgIpc) is 3.40. The first-order valence-electron chi connectivity index (χ1n) is 12.9. The monoisotopic (exact) mass is 533 g/mol. The van der Waals surface area contributed by atoms with E-state index in [0.717, 1.165) is 36.4 Å². The molecule has 0 spiro atoms. The van der Waals surface area contributed by atoms with Crippen molar-refractivity contribution in [3.63, 3.8) is 0 Å². The van der Waals surface area contributed by atoms with Crippen molar-refractivity contribution in [1.29, 1.82) is 0 Å². The van der Waals surface area contributed by atoms with Gasteiger partial charge in [-0.3, -0.25) is 9.48 Å². The first kappa shape index (κ1) is 26.6. The molecule has 1 aliphatic heterocycles. The van der Waals surface area contributed by atoms with Crippen LogP contribution in [0, 0.1) is 0 Å². The molecule has 0 bridgehead atoms. The molecular formula is C27H35N9O3. The number of rotatable bonds is 7. The summed E-state index contributed by atoms with van der Waals surface area (Å²) < 4.78 is 15.9. The van der Waals surface area contributed by atoms with Crippen molar-refractivity contribution in [3.05, 3.63) is 42.4 Å². The van der Waals surface area contributed by atoms with Gasteiger partial charge in [-0.05, 0) is 13.1 Å². The van der Waals surface area contributed by atoms with Gasteiger partial charge in [0.1, 0.15) is 17.1 Å². The van der Waals surface area contributed by atoms with Crippen molar-refractivity contribution < 1.29 is 14.3 Å². The zero-order chi connectivity index (χ0) is 27.7. The number of nitrogens with zero attached hydrogens (tertiary/aromatic N) is 7. The first-order valence-corrected chi connectivity index (χ1v) is 12.9. The summed E-state index contributed by atoms with van der Waals surface area (Å²) in [5.41, 5.74) is 2.58. The van der Waals surface area contributed by atoms with E-state index >= 15 is 0 Å². The van der Waals surface area contributed by atoms with Gasteiger partial charge in [0.05, 0.1) is 31.0 Å². The Morgan fingerprint density at radius 2 is 2.00 bits per heavy atom. The predicted octanol–water partition coefficient (Wildman–Crippen LogP) is 3.68. The number of hydrogen-bond donors (Lipinski definition) is 2. The smallest absolute Gasteiger partial charge is 0.222 e. The van der Waals surface area contributed by atoms with Gasteiger partial charge in [-0.2, -0.15) is 5.10 Å². The Kier molecular flexibility index (Phi) is 7.23. The number of nitrogens with one attached hydrogen (secondary N) is 2. The van der Waals surface area contributed by atoms with Gasteiger partial charge in [0.2, 0.25) is 17.7 Å². The zero-order valence-corrected chi connectivity index (χ0v) is 23.2. The van der Waals surface area contributed by atoms with Gasteiger partial charge in [-0.1, -0.05) is 20.8 Å². The number of anilines is 3. The summed E-state index contributed by atoms with van der Waals surface area (Å²) in [5, 5.41) is 10.9. The number of likely N-dealkylation sites (N-methyl/N-ethyl adjacent to an activating group) is 1. The summed E-state index contributed by atoms with van der Waals surface area (Å²) in [6.45, 7) is 11.2. The Balaban J connectivity index is 1.37. The van der Waals surface area contributed by atoms with E-state index in [1.54, 1.807) is 24.5 Å². The molecule has 0 saturated carbocycles. The largest absolute Gasteiger partial charge is 0.439 e. The van der Waals surface area contributed by atoms with Crippen LogP contribution in [0.15, 0.2) is 36.7 Å². The Bertz CT molecular complexity index is 1490. The van der Waals surface area contributed by atoms with Crippen LogP contribution in [0.4, 0.5) is 17.6 Å². The Morgan fingerprint density at radius 1 is 1.18 bits per heavy atom. The lowest BCUT2D eigenvalue weighted by molar-refractivity contribution is -0.114. The molecule has 206 valence electrons. The second-order valence-corrected chi connectivity index (χ2v) is 10.9. The molecule has 1 aliphatic rings. The summed E-state index contributed by atoms with van der Waals surface area (Å²) in [7, 11) is 4.05. The number of hydrogen-bond acceptors (Lipinski definition) is 9. The van der Waals surface area contributed by atoms with E-state index in [1.165, 1.54) is 6.92 Å². The molecule has 0 unspecified atom stereocenters. The highest BCUT2D eigenvalue weighted by Gasteiger charge is 2.25. The number of carbonyl (C=O) groups excluding carboxylic acids is 1. The van der Waals surface area contributed by atoms with Crippen LogP contribution in [0.1, 0.15) is 33.4 Å². The minimum Gasteiger partial charge on any atom is -0.439 e. The number of imidazole rings is 1. The van der Waals surface area contributed by atoms with Crippen molar-refractivity contribution in [2.75, 3.05) is 37.4 Å². The van der Waals surface area contributed by atoms with Crippen LogP contribution >= 0.6 is 0 Å². The normalized spacial score (nSPS) is 16.4. The Labute approximate surface area is 227 Å². The molecule has 1 saturated heterocycles. The highest BCUT2D eigenvalue weighted by molar-refractivity contribution is 5.87. The van der Waals surface area contributed by atoms with E-state index in [1.807, 2.05) is 22.4 Å². The minimum absolute atomic E-state index is 0.0903. The fourth-order valence-corrected chi connectivity index (χ4v) is 4.59. The number of aromatic nitrogens is 6. The maximum absolute atomic E-state index is 11.3. The van der Waals surface area contributed by atoms with E-state index < -0.39 is 0 Å². The van der Waals surface area contributed by atoms with Gasteiger partial charge in [-0.15, -0.1) is 0 Å². The number of amides is 1. The lowest BCUT2D eigenvalue weighted by Crippen LogP contribution is -2.42. The molecule has 0 aliphatic carbocycles. The number of pyridine rings is 2. The number of fused-ring (bicyclic) bond motifs is 1. The van der Waals surface area contributed by atoms with Crippen LogP contribution in [0.2, 0.25) is 0 Å². The van der Waals surface area contributed by atoms with Crippen molar-refractivity contribution in [1.82, 2.24) is 34.2 Å². The molecule has 2 N–H and O–H groups in total. The van der Waals surface area contributed by atoms with Crippen LogP contribution < -0.4 is 15.4 Å². The van der Waals surface area contributed by atoms with E-state index in [9.17, 15) is 4.79 Å². The SMILES string of the molecule is CC(=O)Nc1cc(Oc2cc3c(cn2)nc(Nc2cc(C(C)(C)C)n(C[C@H]4CN(C)CCO4)n2)n3C)ccn1. The standard InChI is InChI=1S/C27H35N9O3/c1-17(37)30-23-11-18(7-8-28-23)39-25-12-21-20(14-29-25)31-26(35(21)6)32-24-13-22(27(2,3)4)36(33-24)16-19-15-34(5)9-10-38-19/h7-8,11-14,19H,9-10,15-16H2,1-6H3,(H,28,30,37)(H,31,32,33)/t19-/m1/s1. The van der Waals surface area contributed by atoms with Gasteiger partial charge in [0.15, 0.2) is 5.82 Å². The van der Waals surface area contributed by atoms with Gasteiger partial charge < -0.3 is 29.6 Å². The third-order valence-electron chi connectivity index (χ3n) is 6.51. The molecule has 4 aromatic rings. The molecule has 1 amide bonds. The quantitative estimate of drug-likeness (QED) is 0.366. The molecule has 1 fully saturated rings. The van der Waals surface area contributed by atoms with Crippen molar-refractivity contribution in [2.45, 2.75) is 45.8 Å². The van der Waals surface area contributed by atoms with Gasteiger partial charge in [-0.25, -0.2) is 15.0 Å². The number of morpholine rings is 1. The van der Waals surface area contributed by atoms with E-state index in [0.29, 0.717) is 35.8 Å². The average molecular weight is 534 g/mol. The van der Waals surface area contributed by atoms with Crippen LogP contribution in [-0.4, -0.2) is 73.0 Å². The Hall–Kier alpha value is -4.03. The lowest BCUT2D eigenvalue weighted by atomic mass is 9.92. The summed E-state index contributed by atoms with van der Waals surface area (Å²) in [6, 6.07) is 7.24. The predicted molar refractivity (Wildman–Crippen MR) is 149 cm³/mol. The summed E-state index contributed by atoms with van der Waals surface area (Å²) in [5.74, 6) is 2.46. The zero-order valence-electron chi connectivity index (χ0n) is 23.2. The number of aryl methyl sites for hydroxylation is 1. The number of carbonyl (C=O) groups is 1. The highest BCUT2D eigenvalue weighted by atomic mass is 16.5. The fourth-order valence-electron chi connectivity index (χ4n) is 4.59. The van der Waals surface area contributed by atoms with E-state index in [-0.39, 0.29) is 17.4 Å². The number of ether oxygens (including phenoxy) is 2. The molecule has 0 radical (unpaired) electrons. The van der Waals surface area contributed by atoms with Gasteiger partial charge >= 0.3 is 0 Å². The molecular weight excluding hydrogens is 498 g/mol. The Morgan fingerprint density at radius 3 is 2.74 bits per heavy atom. The lowest BCUT2D eigenvalue weighted by Gasteiger charge is -2.31. The van der Waals surface area contributed by atoms with Gasteiger partial charge in [0, 0.05) is 62.6 Å². The topological polar surface area (TPSA) is 124 Å². The van der Waals surface area contributed by atoms with Crippen LogP contribution in [0.25, 0.3) is 11.0 Å². The highest BCUT2D eigenvalue weighted by Crippen LogP contribution is 2.29. The van der Waals surface area contributed by atoms with Crippen molar-refractivity contribution in [3.8, 4) is 11.6 Å².